The monoisotopic (exact) mass is 388 g/mol. The summed E-state index contributed by atoms with van der Waals surface area (Å²) in [5, 5.41) is 6.81. The molecular weight excluding hydrogens is 364 g/mol. The molecule has 0 bridgehead atoms. The number of fused-ring (bicyclic) bond motifs is 1. The first-order valence-electron chi connectivity index (χ1n) is 8.49. The molecule has 0 fully saturated rings. The summed E-state index contributed by atoms with van der Waals surface area (Å²) in [5.41, 5.74) is 4.03. The van der Waals surface area contributed by atoms with Crippen molar-refractivity contribution in [2.75, 3.05) is 10.0 Å². The van der Waals surface area contributed by atoms with Gasteiger partial charge in [-0.25, -0.2) is 8.42 Å². The van der Waals surface area contributed by atoms with Gasteiger partial charge in [-0.15, -0.1) is 11.3 Å². The van der Waals surface area contributed by atoms with Crippen LogP contribution in [0.1, 0.15) is 31.9 Å². The third kappa shape index (κ3) is 4.02. The summed E-state index contributed by atoms with van der Waals surface area (Å²) in [6, 6.07) is 13.9. The van der Waals surface area contributed by atoms with Crippen molar-refractivity contribution >= 4 is 42.8 Å². The van der Waals surface area contributed by atoms with E-state index in [4.69, 9.17) is 0 Å². The highest BCUT2D eigenvalue weighted by atomic mass is 32.2. The zero-order valence-corrected chi connectivity index (χ0v) is 17.1. The predicted octanol–water partition coefficient (Wildman–Crippen LogP) is 5.36. The van der Waals surface area contributed by atoms with Crippen LogP contribution in [0.25, 0.3) is 10.1 Å². The van der Waals surface area contributed by atoms with Crippen LogP contribution in [0.4, 0.5) is 11.4 Å². The molecule has 2 N–H and O–H groups in total. The topological polar surface area (TPSA) is 58.2 Å². The molecule has 1 aromatic heterocycles. The smallest absolute Gasteiger partial charge is 0.237 e. The largest absolute Gasteiger partial charge is 0.381 e. The third-order valence-electron chi connectivity index (χ3n) is 4.25. The number of thiophene rings is 1. The summed E-state index contributed by atoms with van der Waals surface area (Å²) < 4.78 is 27.5. The van der Waals surface area contributed by atoms with Crippen LogP contribution in [0.5, 0.6) is 0 Å². The first kappa shape index (κ1) is 18.7. The molecule has 0 unspecified atom stereocenters. The fraction of sp³-hybridized carbons (Fsp3) is 0.300. The number of hydrogen-bond donors (Lipinski definition) is 2. The minimum Gasteiger partial charge on any atom is -0.381 e. The lowest BCUT2D eigenvalue weighted by atomic mass is 10.1. The van der Waals surface area contributed by atoms with Gasteiger partial charge in [-0.05, 0) is 79.9 Å². The summed E-state index contributed by atoms with van der Waals surface area (Å²) in [6.07, 6.45) is 0. The number of hydrogen-bond acceptors (Lipinski definition) is 4. The van der Waals surface area contributed by atoms with Crippen molar-refractivity contribution in [2.24, 2.45) is 0 Å². The lowest BCUT2D eigenvalue weighted by molar-refractivity contribution is 0.566. The van der Waals surface area contributed by atoms with E-state index in [1.807, 2.05) is 12.1 Å². The molecule has 0 atom stereocenters. The summed E-state index contributed by atoms with van der Waals surface area (Å²) in [4.78, 5) is 0. The molecule has 3 rings (SSSR count). The molecule has 138 valence electrons. The van der Waals surface area contributed by atoms with Crippen molar-refractivity contribution in [1.82, 2.24) is 0 Å². The Labute approximate surface area is 159 Å². The third-order valence-corrected chi connectivity index (χ3v) is 7.43. The Morgan fingerprint density at radius 2 is 1.69 bits per heavy atom. The molecule has 0 aliphatic carbocycles. The van der Waals surface area contributed by atoms with E-state index in [1.54, 1.807) is 44.2 Å². The molecule has 1 heterocycles. The molecule has 0 spiro atoms. The lowest BCUT2D eigenvalue weighted by Gasteiger charge is -2.20. The van der Waals surface area contributed by atoms with Gasteiger partial charge in [-0.2, -0.15) is 0 Å². The van der Waals surface area contributed by atoms with E-state index in [2.05, 4.69) is 40.5 Å². The van der Waals surface area contributed by atoms with Gasteiger partial charge in [0.25, 0.3) is 0 Å². The maximum Gasteiger partial charge on any atom is 0.237 e. The maximum absolute atomic E-state index is 12.2. The van der Waals surface area contributed by atoms with Crippen LogP contribution in [0.15, 0.2) is 47.8 Å². The Balaban J connectivity index is 1.67. The average Bonchev–Trinajstić information content (AvgIpc) is 3.02. The molecule has 2 aromatic carbocycles. The van der Waals surface area contributed by atoms with Gasteiger partial charge in [-0.3, -0.25) is 4.72 Å². The van der Waals surface area contributed by atoms with Gasteiger partial charge in [-0.1, -0.05) is 12.1 Å². The van der Waals surface area contributed by atoms with Gasteiger partial charge >= 0.3 is 0 Å². The van der Waals surface area contributed by atoms with E-state index < -0.39 is 14.8 Å². The van der Waals surface area contributed by atoms with Gasteiger partial charge in [0.05, 0.1) is 4.75 Å². The second-order valence-electron chi connectivity index (χ2n) is 7.40. The van der Waals surface area contributed by atoms with E-state index in [1.165, 1.54) is 15.6 Å². The second-order valence-corrected chi connectivity index (χ2v) is 10.8. The van der Waals surface area contributed by atoms with E-state index in [0.717, 1.165) is 11.3 Å². The van der Waals surface area contributed by atoms with Gasteiger partial charge in [0.15, 0.2) is 0 Å². The van der Waals surface area contributed by atoms with Crippen LogP contribution >= 0.6 is 11.3 Å². The summed E-state index contributed by atoms with van der Waals surface area (Å²) in [7, 11) is -3.40. The predicted molar refractivity (Wildman–Crippen MR) is 113 cm³/mol. The first-order valence-corrected chi connectivity index (χ1v) is 10.8. The zero-order valence-electron chi connectivity index (χ0n) is 15.5. The molecule has 0 aliphatic heterocycles. The highest BCUT2D eigenvalue weighted by Crippen LogP contribution is 2.28. The molecule has 6 heteroatoms. The normalized spacial score (nSPS) is 12.3. The molecule has 4 nitrogen and oxygen atoms in total. The lowest BCUT2D eigenvalue weighted by Crippen LogP contribution is -2.33. The minimum atomic E-state index is -3.40. The minimum absolute atomic E-state index is 0.583. The van der Waals surface area contributed by atoms with Crippen LogP contribution in [0, 0.1) is 6.92 Å². The average molecular weight is 389 g/mol. The quantitative estimate of drug-likeness (QED) is 0.618. The number of anilines is 2. The van der Waals surface area contributed by atoms with Gasteiger partial charge in [0.2, 0.25) is 10.0 Å². The summed E-state index contributed by atoms with van der Waals surface area (Å²) in [5.74, 6) is 0. The molecule has 0 saturated carbocycles. The Bertz CT molecular complexity index is 1010. The van der Waals surface area contributed by atoms with Crippen molar-refractivity contribution in [1.29, 1.82) is 0 Å². The molecule has 0 amide bonds. The van der Waals surface area contributed by atoms with Crippen molar-refractivity contribution < 1.29 is 8.42 Å². The number of sulfonamides is 1. The van der Waals surface area contributed by atoms with Gasteiger partial charge < -0.3 is 5.32 Å². The summed E-state index contributed by atoms with van der Waals surface area (Å²) in [6.45, 7) is 7.85. The second kappa shape index (κ2) is 6.93. The van der Waals surface area contributed by atoms with E-state index in [9.17, 15) is 8.42 Å². The van der Waals surface area contributed by atoms with Gasteiger partial charge in [0.1, 0.15) is 0 Å². The Morgan fingerprint density at radius 1 is 1.00 bits per heavy atom. The number of benzene rings is 2. The zero-order chi connectivity index (χ0) is 18.9. The Hall–Kier alpha value is -2.05. The van der Waals surface area contributed by atoms with Crippen molar-refractivity contribution in [3.8, 4) is 0 Å². The maximum atomic E-state index is 12.2. The molecular formula is C20H24N2O2S2. The number of nitrogens with one attached hydrogen (secondary N) is 2. The van der Waals surface area contributed by atoms with Crippen LogP contribution in [-0.2, 0) is 16.6 Å². The standard InChI is InChI=1S/C20H24N2O2S2/c1-14-11-18(12-16-9-10-25-19(14)16)21-13-15-5-7-17(8-6-15)22-26(23,24)20(2,3)4/h5-12,21-22H,13H2,1-4H3. The van der Waals surface area contributed by atoms with Crippen LogP contribution in [-0.4, -0.2) is 13.2 Å². The SMILES string of the molecule is Cc1cc(NCc2ccc(NS(=O)(=O)C(C)(C)C)cc2)cc2ccsc12. The van der Waals surface area contributed by atoms with Crippen molar-refractivity contribution in [3.05, 3.63) is 59.0 Å². The molecule has 3 aromatic rings. The van der Waals surface area contributed by atoms with E-state index >= 15 is 0 Å². The van der Waals surface area contributed by atoms with Crippen molar-refractivity contribution in [3.63, 3.8) is 0 Å². The Kier molecular flexibility index (Phi) is 4.99. The fourth-order valence-corrected chi connectivity index (χ4v) is 4.18. The highest BCUT2D eigenvalue weighted by molar-refractivity contribution is 7.94. The highest BCUT2D eigenvalue weighted by Gasteiger charge is 2.28. The number of rotatable bonds is 5. The first-order chi connectivity index (χ1) is 12.2. The molecule has 0 saturated heterocycles. The van der Waals surface area contributed by atoms with Crippen LogP contribution in [0.2, 0.25) is 0 Å². The molecule has 0 aliphatic rings. The van der Waals surface area contributed by atoms with Crippen molar-refractivity contribution in [2.45, 2.75) is 39.0 Å². The van der Waals surface area contributed by atoms with E-state index in [-0.39, 0.29) is 0 Å². The fourth-order valence-electron chi connectivity index (χ4n) is 2.57. The van der Waals surface area contributed by atoms with Gasteiger partial charge in [0, 0.05) is 22.6 Å². The van der Waals surface area contributed by atoms with Crippen LogP contribution < -0.4 is 10.0 Å². The Morgan fingerprint density at radius 3 is 2.35 bits per heavy atom. The summed E-state index contributed by atoms with van der Waals surface area (Å²) >= 11 is 1.76. The molecule has 0 radical (unpaired) electrons. The van der Waals surface area contributed by atoms with E-state index in [0.29, 0.717) is 12.2 Å². The van der Waals surface area contributed by atoms with Crippen LogP contribution in [0.3, 0.4) is 0 Å². The molecule has 26 heavy (non-hydrogen) atoms. The number of aryl methyl sites for hydroxylation is 1.